The summed E-state index contributed by atoms with van der Waals surface area (Å²) in [4.78, 5) is 0. The largest absolute Gasteiger partial charge is 0.311 e. The van der Waals surface area contributed by atoms with E-state index in [1.165, 1.54) is 30.4 Å². The van der Waals surface area contributed by atoms with Crippen molar-refractivity contribution >= 4 is 0 Å². The molecule has 21 heavy (non-hydrogen) atoms. The van der Waals surface area contributed by atoms with Crippen molar-refractivity contribution in [3.05, 3.63) is 35.4 Å². The first kappa shape index (κ1) is 16.5. The van der Waals surface area contributed by atoms with E-state index < -0.39 is 0 Å². The maximum atomic E-state index is 3.91. The van der Waals surface area contributed by atoms with E-state index in [-0.39, 0.29) is 0 Å². The van der Waals surface area contributed by atoms with Crippen molar-refractivity contribution in [2.45, 2.75) is 79.3 Å². The van der Waals surface area contributed by atoms with Gasteiger partial charge >= 0.3 is 0 Å². The molecule has 1 heteroatoms. The molecule has 0 heterocycles. The Morgan fingerprint density at radius 2 is 1.67 bits per heavy atom. The van der Waals surface area contributed by atoms with Crippen LogP contribution in [-0.2, 0) is 6.42 Å². The second-order valence-electron chi connectivity index (χ2n) is 8.81. The molecule has 0 aliphatic heterocycles. The standard InChI is InChI=1S/C20H33N/c1-15-9-7-8-10-17(15)11-16(2)21-18-12-19(3,4)14-20(5,6)13-18/h7-10,16,18,21H,11-14H2,1-6H3. The van der Waals surface area contributed by atoms with Gasteiger partial charge in [0.1, 0.15) is 0 Å². The minimum absolute atomic E-state index is 0.460. The molecule has 0 bridgehead atoms. The van der Waals surface area contributed by atoms with E-state index in [2.05, 4.69) is 71.1 Å². The molecule has 2 rings (SSSR count). The number of aryl methyl sites for hydroxylation is 1. The summed E-state index contributed by atoms with van der Waals surface area (Å²) >= 11 is 0. The quantitative estimate of drug-likeness (QED) is 0.810. The predicted molar refractivity (Wildman–Crippen MR) is 92.7 cm³/mol. The van der Waals surface area contributed by atoms with Gasteiger partial charge in [-0.25, -0.2) is 0 Å². The lowest BCUT2D eigenvalue weighted by Gasteiger charge is -2.46. The highest BCUT2D eigenvalue weighted by atomic mass is 15.0. The van der Waals surface area contributed by atoms with Gasteiger partial charge in [0, 0.05) is 12.1 Å². The lowest BCUT2D eigenvalue weighted by Crippen LogP contribution is -2.47. The molecule has 0 radical (unpaired) electrons. The number of benzene rings is 1. The molecule has 1 aliphatic rings. The fourth-order valence-electron chi connectivity index (χ4n) is 4.59. The van der Waals surface area contributed by atoms with Gasteiger partial charge in [-0.05, 0) is 61.5 Å². The molecule has 1 nitrogen and oxygen atoms in total. The van der Waals surface area contributed by atoms with Crippen LogP contribution in [0.25, 0.3) is 0 Å². The zero-order valence-electron chi connectivity index (χ0n) is 14.8. The third kappa shape index (κ3) is 4.85. The fourth-order valence-corrected chi connectivity index (χ4v) is 4.59. The molecule has 0 spiro atoms. The summed E-state index contributed by atoms with van der Waals surface area (Å²) in [5, 5.41) is 3.91. The molecule has 0 saturated heterocycles. The molecule has 1 N–H and O–H groups in total. The third-order valence-corrected chi connectivity index (χ3v) is 4.86. The van der Waals surface area contributed by atoms with Gasteiger partial charge in [0.25, 0.3) is 0 Å². The summed E-state index contributed by atoms with van der Waals surface area (Å²) in [5.41, 5.74) is 3.81. The Kier molecular flexibility index (Phi) is 4.82. The van der Waals surface area contributed by atoms with Gasteiger partial charge < -0.3 is 5.32 Å². The molecule has 1 atom stereocenters. The van der Waals surface area contributed by atoms with E-state index in [1.807, 2.05) is 0 Å². The van der Waals surface area contributed by atoms with Crippen LogP contribution in [0.3, 0.4) is 0 Å². The summed E-state index contributed by atoms with van der Waals surface area (Å²) in [6, 6.07) is 9.96. The van der Waals surface area contributed by atoms with Crippen molar-refractivity contribution in [1.29, 1.82) is 0 Å². The Morgan fingerprint density at radius 1 is 1.10 bits per heavy atom. The van der Waals surface area contributed by atoms with Gasteiger partial charge in [-0.15, -0.1) is 0 Å². The minimum Gasteiger partial charge on any atom is -0.311 e. The van der Waals surface area contributed by atoms with Crippen LogP contribution in [0, 0.1) is 17.8 Å². The predicted octanol–water partition coefficient (Wildman–Crippen LogP) is 5.12. The Labute approximate surface area is 131 Å². The normalized spacial score (nSPS) is 23.0. The van der Waals surface area contributed by atoms with Gasteiger partial charge in [-0.2, -0.15) is 0 Å². The maximum absolute atomic E-state index is 3.91. The molecular weight excluding hydrogens is 254 g/mol. The van der Waals surface area contributed by atoms with Crippen LogP contribution in [0.4, 0.5) is 0 Å². The van der Waals surface area contributed by atoms with Gasteiger partial charge in [0.15, 0.2) is 0 Å². The first-order chi connectivity index (χ1) is 9.67. The molecule has 1 aliphatic carbocycles. The Bertz CT molecular complexity index is 456. The monoisotopic (exact) mass is 287 g/mol. The number of rotatable bonds is 4. The lowest BCUT2D eigenvalue weighted by atomic mass is 9.63. The summed E-state index contributed by atoms with van der Waals surface area (Å²) in [7, 11) is 0. The molecular formula is C20H33N. The van der Waals surface area contributed by atoms with Crippen LogP contribution in [-0.4, -0.2) is 12.1 Å². The fraction of sp³-hybridized carbons (Fsp3) is 0.700. The second kappa shape index (κ2) is 6.12. The Balaban J connectivity index is 1.96. The number of hydrogen-bond acceptors (Lipinski definition) is 1. The molecule has 1 aromatic rings. The van der Waals surface area contributed by atoms with E-state index in [1.54, 1.807) is 0 Å². The van der Waals surface area contributed by atoms with E-state index in [0.717, 1.165) is 6.42 Å². The van der Waals surface area contributed by atoms with Gasteiger partial charge in [-0.3, -0.25) is 0 Å². The molecule has 0 amide bonds. The van der Waals surface area contributed by atoms with Crippen molar-refractivity contribution in [3.8, 4) is 0 Å². The highest BCUT2D eigenvalue weighted by Crippen LogP contribution is 2.45. The van der Waals surface area contributed by atoms with E-state index in [4.69, 9.17) is 0 Å². The maximum Gasteiger partial charge on any atom is 0.00818 e. The summed E-state index contributed by atoms with van der Waals surface area (Å²) in [6.45, 7) is 14.3. The van der Waals surface area contributed by atoms with Crippen molar-refractivity contribution < 1.29 is 0 Å². The highest BCUT2D eigenvalue weighted by Gasteiger charge is 2.38. The van der Waals surface area contributed by atoms with Gasteiger partial charge in [0.05, 0.1) is 0 Å². The van der Waals surface area contributed by atoms with E-state index in [0.29, 0.717) is 22.9 Å². The van der Waals surface area contributed by atoms with Crippen LogP contribution < -0.4 is 5.32 Å². The topological polar surface area (TPSA) is 12.0 Å². The van der Waals surface area contributed by atoms with Crippen LogP contribution >= 0.6 is 0 Å². The average molecular weight is 287 g/mol. The summed E-state index contributed by atoms with van der Waals surface area (Å²) in [6.07, 6.45) is 5.07. The van der Waals surface area contributed by atoms with Crippen LogP contribution in [0.5, 0.6) is 0 Å². The van der Waals surface area contributed by atoms with Gasteiger partial charge in [-0.1, -0.05) is 52.0 Å². The van der Waals surface area contributed by atoms with Crippen molar-refractivity contribution in [3.63, 3.8) is 0 Å². The molecule has 1 saturated carbocycles. The molecule has 1 unspecified atom stereocenters. The molecule has 0 aromatic heterocycles. The van der Waals surface area contributed by atoms with Crippen molar-refractivity contribution in [1.82, 2.24) is 5.32 Å². The zero-order valence-corrected chi connectivity index (χ0v) is 14.8. The molecule has 1 aromatic carbocycles. The summed E-state index contributed by atoms with van der Waals surface area (Å²) < 4.78 is 0. The van der Waals surface area contributed by atoms with E-state index in [9.17, 15) is 0 Å². The Morgan fingerprint density at radius 3 is 2.24 bits per heavy atom. The Hall–Kier alpha value is -0.820. The minimum atomic E-state index is 0.460. The lowest BCUT2D eigenvalue weighted by molar-refractivity contribution is 0.0811. The third-order valence-electron chi connectivity index (χ3n) is 4.86. The summed E-state index contributed by atoms with van der Waals surface area (Å²) in [5.74, 6) is 0. The molecule has 1 fully saturated rings. The van der Waals surface area contributed by atoms with Gasteiger partial charge in [0.2, 0.25) is 0 Å². The number of hydrogen-bond donors (Lipinski definition) is 1. The van der Waals surface area contributed by atoms with Crippen LogP contribution in [0.2, 0.25) is 0 Å². The van der Waals surface area contributed by atoms with Crippen LogP contribution in [0.1, 0.15) is 65.0 Å². The zero-order chi connectivity index (χ0) is 15.7. The second-order valence-corrected chi connectivity index (χ2v) is 8.81. The van der Waals surface area contributed by atoms with Crippen LogP contribution in [0.15, 0.2) is 24.3 Å². The highest BCUT2D eigenvalue weighted by molar-refractivity contribution is 5.26. The first-order valence-electron chi connectivity index (χ1n) is 8.47. The molecule has 118 valence electrons. The SMILES string of the molecule is Cc1ccccc1CC(C)NC1CC(C)(C)CC(C)(C)C1. The smallest absolute Gasteiger partial charge is 0.00818 e. The van der Waals surface area contributed by atoms with E-state index >= 15 is 0 Å². The van der Waals surface area contributed by atoms with Crippen molar-refractivity contribution in [2.24, 2.45) is 10.8 Å². The first-order valence-corrected chi connectivity index (χ1v) is 8.47. The average Bonchev–Trinajstić information content (AvgIpc) is 2.27. The van der Waals surface area contributed by atoms with Crippen molar-refractivity contribution in [2.75, 3.05) is 0 Å². The number of nitrogens with one attached hydrogen (secondary N) is 1.